The number of rotatable bonds is 6. The second-order valence-corrected chi connectivity index (χ2v) is 4.82. The van der Waals surface area contributed by atoms with E-state index in [0.29, 0.717) is 6.54 Å². The van der Waals surface area contributed by atoms with Crippen LogP contribution in [-0.2, 0) is 6.42 Å². The Morgan fingerprint density at radius 1 is 1.50 bits per heavy atom. The van der Waals surface area contributed by atoms with E-state index in [1.165, 1.54) is 5.56 Å². The molecular weight excluding hydrogens is 280 g/mol. The molecule has 2 aromatic rings. The van der Waals surface area contributed by atoms with E-state index >= 15 is 0 Å². The van der Waals surface area contributed by atoms with Crippen LogP contribution >= 0.6 is 11.3 Å². The first-order valence-corrected chi connectivity index (χ1v) is 6.80. The van der Waals surface area contributed by atoms with Crippen LogP contribution in [-0.4, -0.2) is 21.4 Å². The van der Waals surface area contributed by atoms with Crippen LogP contribution in [0.15, 0.2) is 16.8 Å². The molecule has 106 valence electrons. The van der Waals surface area contributed by atoms with Crippen LogP contribution in [0, 0.1) is 17.0 Å². The molecule has 0 spiro atoms. The molecule has 0 aliphatic rings. The van der Waals surface area contributed by atoms with E-state index in [0.717, 1.165) is 6.42 Å². The average molecular weight is 294 g/mol. The van der Waals surface area contributed by atoms with Crippen molar-refractivity contribution in [1.82, 2.24) is 9.97 Å². The van der Waals surface area contributed by atoms with Crippen LogP contribution < -0.4 is 16.6 Å². The molecule has 0 aliphatic carbocycles. The Hall–Kier alpha value is -2.26. The number of nitrogen functional groups attached to an aromatic ring is 1. The van der Waals surface area contributed by atoms with E-state index < -0.39 is 4.92 Å². The predicted molar refractivity (Wildman–Crippen MR) is 77.7 cm³/mol. The number of thiophene rings is 1. The van der Waals surface area contributed by atoms with Gasteiger partial charge in [0.25, 0.3) is 0 Å². The summed E-state index contributed by atoms with van der Waals surface area (Å²) in [5.41, 5.74) is 3.60. The Bertz CT molecular complexity index is 601. The second kappa shape index (κ2) is 6.26. The number of hydrogen-bond acceptors (Lipinski definition) is 8. The first kappa shape index (κ1) is 14.2. The molecule has 0 radical (unpaired) electrons. The van der Waals surface area contributed by atoms with Gasteiger partial charge < -0.3 is 5.32 Å². The number of aromatic nitrogens is 2. The summed E-state index contributed by atoms with van der Waals surface area (Å²) in [5.74, 6) is 5.56. The molecule has 0 saturated carbocycles. The van der Waals surface area contributed by atoms with E-state index in [2.05, 4.69) is 20.7 Å². The van der Waals surface area contributed by atoms with Crippen molar-refractivity contribution in [3.63, 3.8) is 0 Å². The van der Waals surface area contributed by atoms with Crippen LogP contribution in [0.3, 0.4) is 0 Å². The smallest absolute Gasteiger partial charge is 0.332 e. The van der Waals surface area contributed by atoms with Gasteiger partial charge in [-0.3, -0.25) is 15.5 Å². The largest absolute Gasteiger partial charge is 0.364 e. The van der Waals surface area contributed by atoms with Crippen LogP contribution in [0.2, 0.25) is 0 Å². The molecule has 20 heavy (non-hydrogen) atoms. The summed E-state index contributed by atoms with van der Waals surface area (Å²) >= 11 is 1.61. The van der Waals surface area contributed by atoms with Crippen molar-refractivity contribution in [3.05, 3.63) is 38.2 Å². The maximum absolute atomic E-state index is 11.1. The molecule has 0 aromatic carbocycles. The summed E-state index contributed by atoms with van der Waals surface area (Å²) < 4.78 is 0. The molecule has 8 nitrogen and oxygen atoms in total. The number of nitrogens with two attached hydrogens (primary N) is 1. The quantitative estimate of drug-likeness (QED) is 0.421. The number of aryl methyl sites for hydroxylation is 1. The summed E-state index contributed by atoms with van der Waals surface area (Å²) in [6, 6.07) is 2.01. The molecule has 0 saturated heterocycles. The highest BCUT2D eigenvalue weighted by atomic mass is 32.1. The Kier molecular flexibility index (Phi) is 4.43. The van der Waals surface area contributed by atoms with Crippen molar-refractivity contribution in [2.24, 2.45) is 5.84 Å². The van der Waals surface area contributed by atoms with E-state index in [9.17, 15) is 10.1 Å². The zero-order valence-electron chi connectivity index (χ0n) is 10.8. The number of nitrogens with zero attached hydrogens (tertiary/aromatic N) is 3. The van der Waals surface area contributed by atoms with Crippen LogP contribution in [0.5, 0.6) is 0 Å². The third-order valence-corrected chi connectivity index (χ3v) is 3.39. The highest BCUT2D eigenvalue weighted by Gasteiger charge is 2.21. The lowest BCUT2D eigenvalue weighted by Crippen LogP contribution is -2.15. The van der Waals surface area contributed by atoms with Crippen LogP contribution in [0.25, 0.3) is 0 Å². The lowest BCUT2D eigenvalue weighted by molar-refractivity contribution is -0.385. The highest BCUT2D eigenvalue weighted by Crippen LogP contribution is 2.26. The minimum Gasteiger partial charge on any atom is -0.364 e. The van der Waals surface area contributed by atoms with E-state index in [1.54, 1.807) is 18.3 Å². The van der Waals surface area contributed by atoms with Crippen molar-refractivity contribution in [3.8, 4) is 0 Å². The number of hydrazine groups is 1. The van der Waals surface area contributed by atoms with Gasteiger partial charge in [-0.25, -0.2) is 10.8 Å². The summed E-state index contributed by atoms with van der Waals surface area (Å²) in [7, 11) is 0. The molecule has 0 amide bonds. The molecule has 2 heterocycles. The zero-order chi connectivity index (χ0) is 14.5. The van der Waals surface area contributed by atoms with E-state index in [4.69, 9.17) is 5.84 Å². The maximum Gasteiger partial charge on any atom is 0.332 e. The summed E-state index contributed by atoms with van der Waals surface area (Å²) in [4.78, 5) is 18.5. The van der Waals surface area contributed by atoms with Gasteiger partial charge >= 0.3 is 5.69 Å². The highest BCUT2D eigenvalue weighted by molar-refractivity contribution is 7.07. The normalized spacial score (nSPS) is 10.3. The molecule has 2 aromatic heterocycles. The summed E-state index contributed by atoms with van der Waals surface area (Å²) in [6.45, 7) is 2.09. The molecule has 0 atom stereocenters. The van der Waals surface area contributed by atoms with Gasteiger partial charge in [0, 0.05) is 6.54 Å². The van der Waals surface area contributed by atoms with Gasteiger partial charge in [-0.05, 0) is 35.7 Å². The number of anilines is 2. The SMILES string of the molecule is Cc1nc(NN)nc(NCCc2ccsc2)c1[N+](=O)[O-]. The molecule has 0 unspecified atom stereocenters. The van der Waals surface area contributed by atoms with Gasteiger partial charge in [-0.1, -0.05) is 0 Å². The van der Waals surface area contributed by atoms with Crippen molar-refractivity contribution >= 4 is 28.8 Å². The third kappa shape index (κ3) is 3.19. The zero-order valence-corrected chi connectivity index (χ0v) is 11.6. The van der Waals surface area contributed by atoms with Gasteiger partial charge in [0.1, 0.15) is 5.69 Å². The van der Waals surface area contributed by atoms with Gasteiger partial charge in [0.2, 0.25) is 11.8 Å². The van der Waals surface area contributed by atoms with Crippen LogP contribution in [0.1, 0.15) is 11.3 Å². The predicted octanol–water partition coefficient (Wildman–Crippen LogP) is 1.69. The van der Waals surface area contributed by atoms with Gasteiger partial charge in [0.15, 0.2) is 0 Å². The lowest BCUT2D eigenvalue weighted by atomic mass is 10.2. The van der Waals surface area contributed by atoms with Gasteiger partial charge in [0.05, 0.1) is 4.92 Å². The maximum atomic E-state index is 11.1. The third-order valence-electron chi connectivity index (χ3n) is 2.66. The minimum absolute atomic E-state index is 0.130. The molecule has 0 fully saturated rings. The van der Waals surface area contributed by atoms with Crippen molar-refractivity contribution in [2.75, 3.05) is 17.3 Å². The summed E-state index contributed by atoms with van der Waals surface area (Å²) in [6.07, 6.45) is 0.759. The number of hydrogen-bond donors (Lipinski definition) is 3. The Labute approximate surface area is 119 Å². The van der Waals surface area contributed by atoms with E-state index in [1.807, 2.05) is 16.8 Å². The average Bonchev–Trinajstić information content (AvgIpc) is 2.90. The van der Waals surface area contributed by atoms with Crippen molar-refractivity contribution in [2.45, 2.75) is 13.3 Å². The molecular formula is C11H14N6O2S. The van der Waals surface area contributed by atoms with Gasteiger partial charge in [-0.2, -0.15) is 16.3 Å². The topological polar surface area (TPSA) is 119 Å². The van der Waals surface area contributed by atoms with E-state index in [-0.39, 0.29) is 23.1 Å². The molecule has 2 rings (SSSR count). The molecule has 0 bridgehead atoms. The fourth-order valence-corrected chi connectivity index (χ4v) is 2.44. The molecule has 0 aliphatic heterocycles. The second-order valence-electron chi connectivity index (χ2n) is 4.04. The molecule has 4 N–H and O–H groups in total. The van der Waals surface area contributed by atoms with Gasteiger partial charge in [-0.15, -0.1) is 0 Å². The fraction of sp³-hybridized carbons (Fsp3) is 0.273. The number of nitrogens with one attached hydrogen (secondary N) is 2. The Morgan fingerprint density at radius 2 is 2.30 bits per heavy atom. The lowest BCUT2D eigenvalue weighted by Gasteiger charge is -2.08. The van der Waals surface area contributed by atoms with Crippen molar-refractivity contribution < 1.29 is 4.92 Å². The summed E-state index contributed by atoms with van der Waals surface area (Å²) in [5, 5.41) is 18.1. The molecule has 9 heteroatoms. The van der Waals surface area contributed by atoms with Crippen LogP contribution in [0.4, 0.5) is 17.5 Å². The minimum atomic E-state index is -0.497. The first-order valence-electron chi connectivity index (χ1n) is 5.86. The fourth-order valence-electron chi connectivity index (χ4n) is 1.73. The number of nitro groups is 1. The Morgan fingerprint density at radius 3 is 2.90 bits per heavy atom. The Balaban J connectivity index is 2.16. The van der Waals surface area contributed by atoms with Crippen molar-refractivity contribution in [1.29, 1.82) is 0 Å². The standard InChI is InChI=1S/C11H14N6O2S/c1-7-9(17(18)19)10(15-11(14-7)16-12)13-4-2-8-3-5-20-6-8/h3,5-6H,2,4,12H2,1H3,(H2,13,14,15,16). The monoisotopic (exact) mass is 294 g/mol. The first-order chi connectivity index (χ1) is 9.61.